The van der Waals surface area contributed by atoms with E-state index in [0.717, 1.165) is 0 Å². The van der Waals surface area contributed by atoms with Crippen LogP contribution in [-0.4, -0.2) is 118 Å². The molecule has 5 aliphatic heterocycles. The van der Waals surface area contributed by atoms with Crippen molar-refractivity contribution in [3.8, 4) is 0 Å². The molecular formula is C42H64O13. The van der Waals surface area contributed by atoms with E-state index in [0.29, 0.717) is 44.1 Å². The van der Waals surface area contributed by atoms with Gasteiger partial charge in [0.25, 0.3) is 0 Å². The summed E-state index contributed by atoms with van der Waals surface area (Å²) in [5, 5.41) is 43.7. The van der Waals surface area contributed by atoms with Crippen LogP contribution in [0, 0.1) is 35.5 Å². The minimum atomic E-state index is -1.69. The van der Waals surface area contributed by atoms with Gasteiger partial charge in [-0.2, -0.15) is 0 Å². The fourth-order valence-corrected chi connectivity index (χ4v) is 10.5. The minimum absolute atomic E-state index is 0.00109. The van der Waals surface area contributed by atoms with E-state index in [4.69, 9.17) is 33.2 Å². The molecule has 0 radical (unpaired) electrons. The highest BCUT2D eigenvalue weighted by Crippen LogP contribution is 2.54. The van der Waals surface area contributed by atoms with Gasteiger partial charge in [-0.15, -0.1) is 0 Å². The van der Waals surface area contributed by atoms with Crippen LogP contribution < -0.4 is 0 Å². The van der Waals surface area contributed by atoms with Gasteiger partial charge in [0, 0.05) is 37.7 Å². The van der Waals surface area contributed by atoms with Crippen LogP contribution in [0.5, 0.6) is 0 Å². The van der Waals surface area contributed by atoms with Gasteiger partial charge in [-0.3, -0.25) is 4.79 Å². The van der Waals surface area contributed by atoms with Gasteiger partial charge < -0.3 is 53.6 Å². The molecule has 1 aromatic rings. The molecule has 0 amide bonds. The van der Waals surface area contributed by atoms with E-state index in [9.17, 15) is 30.0 Å². The topological polar surface area (TPSA) is 180 Å². The molecular weight excluding hydrogens is 712 g/mol. The summed E-state index contributed by atoms with van der Waals surface area (Å²) >= 11 is 0. The zero-order chi connectivity index (χ0) is 40.1. The molecule has 13 heteroatoms. The van der Waals surface area contributed by atoms with Crippen molar-refractivity contribution < 1.29 is 63.2 Å². The number of esters is 1. The highest BCUT2D eigenvalue weighted by atomic mass is 16.7. The third-order valence-electron chi connectivity index (χ3n) is 13.9. The number of ether oxygens (including phenoxy) is 7. The Kier molecular flexibility index (Phi) is 12.5. The molecule has 5 aliphatic rings. The van der Waals surface area contributed by atoms with Gasteiger partial charge in [0.05, 0.1) is 66.4 Å². The average Bonchev–Trinajstić information content (AvgIpc) is 3.87. The maximum atomic E-state index is 12.7. The number of carboxylic acids is 1. The molecule has 0 bridgehead atoms. The Morgan fingerprint density at radius 1 is 0.982 bits per heavy atom. The summed E-state index contributed by atoms with van der Waals surface area (Å²) < 4.78 is 44.9. The molecule has 4 N–H and O–H groups in total. The second-order valence-electron chi connectivity index (χ2n) is 17.9. The van der Waals surface area contributed by atoms with E-state index in [1.54, 1.807) is 31.2 Å². The summed E-state index contributed by atoms with van der Waals surface area (Å²) in [6, 6.07) is 8.65. The van der Waals surface area contributed by atoms with Crippen LogP contribution in [0.1, 0.15) is 104 Å². The van der Waals surface area contributed by atoms with Gasteiger partial charge in [0.1, 0.15) is 12.2 Å². The molecule has 6 rings (SSSR count). The van der Waals surface area contributed by atoms with Crippen molar-refractivity contribution in [2.45, 2.75) is 159 Å². The van der Waals surface area contributed by atoms with Crippen molar-refractivity contribution in [1.29, 1.82) is 0 Å². The second-order valence-corrected chi connectivity index (χ2v) is 17.9. The maximum absolute atomic E-state index is 12.7. The van der Waals surface area contributed by atoms with E-state index in [2.05, 4.69) is 13.8 Å². The molecule has 0 aromatic heterocycles. The van der Waals surface area contributed by atoms with Crippen LogP contribution >= 0.6 is 0 Å². The van der Waals surface area contributed by atoms with Gasteiger partial charge in [-0.1, -0.05) is 52.8 Å². The van der Waals surface area contributed by atoms with Gasteiger partial charge in [0.2, 0.25) is 5.79 Å². The molecule has 17 atom stereocenters. The monoisotopic (exact) mass is 776 g/mol. The van der Waals surface area contributed by atoms with Gasteiger partial charge in [-0.25, -0.2) is 4.79 Å². The minimum Gasteiger partial charge on any atom is -0.481 e. The predicted octanol–water partition coefficient (Wildman–Crippen LogP) is 4.72. The first kappa shape index (κ1) is 42.4. The summed E-state index contributed by atoms with van der Waals surface area (Å²) in [6.07, 6.45) is 0.262. The molecule has 5 saturated heterocycles. The molecule has 55 heavy (non-hydrogen) atoms. The van der Waals surface area contributed by atoms with Crippen molar-refractivity contribution in [1.82, 2.24) is 0 Å². The van der Waals surface area contributed by atoms with Crippen molar-refractivity contribution in [2.24, 2.45) is 35.5 Å². The molecule has 5 fully saturated rings. The van der Waals surface area contributed by atoms with Crippen LogP contribution in [0.4, 0.5) is 0 Å². The quantitative estimate of drug-likeness (QED) is 0.215. The molecule has 1 aromatic carbocycles. The van der Waals surface area contributed by atoms with Gasteiger partial charge in [-0.05, 0) is 69.9 Å². The fraction of sp³-hybridized carbons (Fsp3) is 0.810. The number of carbonyl (C=O) groups excluding carboxylic acids is 1. The van der Waals surface area contributed by atoms with Crippen LogP contribution in [-0.2, 0) is 38.0 Å². The SMILES string of the molecule is CO[C@H]([C@H](C)[C@H]1O[C@@]2(CC[C@@](C)([C@H]3CC[C@@](CO)([C@@H]4O[C@@H]([C@H]5O[C@@](O)(COC(=O)c6ccccc6)[C@H](C)C[C@@H]5C)C[C@@H]4C)O3)O2)C[C@H](O)[C@H]1C)[C@H](C)C(=O)O. The number of hydrogen-bond donors (Lipinski definition) is 4. The zero-order valence-electron chi connectivity index (χ0n) is 33.7. The standard InChI is InChI=1S/C42H64O13/c1-23-18-25(3)42(48,22-50-38(47)29-12-10-9-11-13-29)54-33(23)31-19-24(2)36(51-31)40(21-43)15-14-32(52-40)39(7)16-17-41(55-39)20-30(44)26(4)35(53-41)27(5)34(49-8)28(6)37(45)46/h9-13,23-28,30-36,43-44,48H,14-22H2,1-8H3,(H,45,46)/t23-,24-,25+,26+,27-,28-,30-,31+,32+,33-,34+,35-,36+,39-,40+,41+,42-/m0/s1. The normalized spacial score (nSPS) is 45.0. The summed E-state index contributed by atoms with van der Waals surface area (Å²) in [6.45, 7) is 12.9. The van der Waals surface area contributed by atoms with Crippen LogP contribution in [0.25, 0.3) is 0 Å². The molecule has 0 unspecified atom stereocenters. The second kappa shape index (κ2) is 16.2. The van der Waals surface area contributed by atoms with Crippen molar-refractivity contribution in [2.75, 3.05) is 20.3 Å². The van der Waals surface area contributed by atoms with E-state index >= 15 is 0 Å². The number of carbonyl (C=O) groups is 2. The first-order valence-electron chi connectivity index (χ1n) is 20.3. The number of carboxylic acid groups (broad SMARTS) is 1. The smallest absolute Gasteiger partial charge is 0.338 e. The van der Waals surface area contributed by atoms with E-state index < -0.39 is 77.3 Å². The highest BCUT2D eigenvalue weighted by Gasteiger charge is 2.62. The summed E-state index contributed by atoms with van der Waals surface area (Å²) in [7, 11) is 1.50. The lowest BCUT2D eigenvalue weighted by Gasteiger charge is -2.48. The molecule has 13 nitrogen and oxygen atoms in total. The lowest BCUT2D eigenvalue weighted by atomic mass is 9.78. The average molecular weight is 777 g/mol. The Bertz CT molecular complexity index is 1490. The lowest BCUT2D eigenvalue weighted by molar-refractivity contribution is -0.336. The third-order valence-corrected chi connectivity index (χ3v) is 13.9. The van der Waals surface area contributed by atoms with Gasteiger partial charge in [0.15, 0.2) is 5.79 Å². The Balaban J connectivity index is 1.12. The fourth-order valence-electron chi connectivity index (χ4n) is 10.5. The molecule has 0 saturated carbocycles. The van der Waals surface area contributed by atoms with Crippen LogP contribution in [0.3, 0.4) is 0 Å². The molecule has 310 valence electrons. The Labute approximate surface area is 325 Å². The number of benzene rings is 1. The van der Waals surface area contributed by atoms with E-state index in [-0.39, 0.29) is 55.3 Å². The number of aliphatic hydroxyl groups is 3. The number of hydrogen-bond acceptors (Lipinski definition) is 12. The number of methoxy groups -OCH3 is 1. The summed E-state index contributed by atoms with van der Waals surface area (Å²) in [5.41, 5.74) is -1.39. The van der Waals surface area contributed by atoms with Crippen molar-refractivity contribution in [3.05, 3.63) is 35.9 Å². The van der Waals surface area contributed by atoms with Crippen molar-refractivity contribution in [3.63, 3.8) is 0 Å². The van der Waals surface area contributed by atoms with E-state index in [1.807, 2.05) is 33.8 Å². The zero-order valence-corrected chi connectivity index (χ0v) is 33.7. The van der Waals surface area contributed by atoms with Crippen molar-refractivity contribution >= 4 is 11.9 Å². The number of aliphatic carboxylic acids is 1. The molecule has 0 aliphatic carbocycles. The van der Waals surface area contributed by atoms with Crippen LogP contribution in [0.15, 0.2) is 30.3 Å². The Morgan fingerprint density at radius 2 is 1.69 bits per heavy atom. The lowest BCUT2D eigenvalue weighted by Crippen LogP contribution is -2.57. The van der Waals surface area contributed by atoms with Gasteiger partial charge >= 0.3 is 11.9 Å². The van der Waals surface area contributed by atoms with Crippen LogP contribution in [0.2, 0.25) is 0 Å². The first-order valence-corrected chi connectivity index (χ1v) is 20.3. The largest absolute Gasteiger partial charge is 0.481 e. The number of aliphatic hydroxyl groups excluding tert-OH is 2. The summed E-state index contributed by atoms with van der Waals surface area (Å²) in [4.78, 5) is 24.6. The molecule has 1 spiro atoms. The first-order chi connectivity index (χ1) is 25.9. The Morgan fingerprint density at radius 3 is 2.35 bits per heavy atom. The molecule has 5 heterocycles. The third kappa shape index (κ3) is 8.12. The van der Waals surface area contributed by atoms with E-state index in [1.165, 1.54) is 7.11 Å². The number of rotatable bonds is 12. The Hall–Kier alpha value is -2.20. The maximum Gasteiger partial charge on any atom is 0.338 e. The predicted molar refractivity (Wildman–Crippen MR) is 199 cm³/mol. The summed E-state index contributed by atoms with van der Waals surface area (Å²) in [5.74, 6) is -5.89. The highest BCUT2D eigenvalue weighted by molar-refractivity contribution is 5.89.